The molecular weight excluding hydrogens is 496 g/mol. The van der Waals surface area contributed by atoms with Crippen molar-refractivity contribution in [3.8, 4) is 0 Å². The van der Waals surface area contributed by atoms with Gasteiger partial charge >= 0.3 is 6.09 Å². The normalized spacial score (nSPS) is 16.7. The molecule has 0 unspecified atom stereocenters. The maximum atomic E-state index is 12.6. The summed E-state index contributed by atoms with van der Waals surface area (Å²) >= 11 is 0. The summed E-state index contributed by atoms with van der Waals surface area (Å²) in [6.07, 6.45) is 4.34. The number of benzene rings is 1. The lowest BCUT2D eigenvalue weighted by atomic mass is 10.0. The van der Waals surface area contributed by atoms with Gasteiger partial charge in [0.05, 0.1) is 6.61 Å². The minimum Gasteiger partial charge on any atom is -0.450 e. The molecule has 1 fully saturated rings. The molecule has 1 aromatic carbocycles. The number of nitrogens with one attached hydrogen (secondary N) is 2. The maximum Gasteiger partial charge on any atom is 0.410 e. The molecule has 206 valence electrons. The topological polar surface area (TPSA) is 107 Å². The van der Waals surface area contributed by atoms with E-state index in [9.17, 15) is 9.59 Å². The molecule has 2 aromatic heterocycles. The minimum absolute atomic E-state index is 0.0755. The Morgan fingerprint density at radius 3 is 2.56 bits per heavy atom. The molecule has 0 aliphatic carbocycles. The van der Waals surface area contributed by atoms with Gasteiger partial charge < -0.3 is 25.2 Å². The van der Waals surface area contributed by atoms with E-state index in [4.69, 9.17) is 9.72 Å². The van der Waals surface area contributed by atoms with Gasteiger partial charge in [0.25, 0.3) is 5.91 Å². The van der Waals surface area contributed by atoms with Gasteiger partial charge in [-0.2, -0.15) is 4.98 Å². The Bertz CT molecular complexity index is 1330. The van der Waals surface area contributed by atoms with E-state index in [0.29, 0.717) is 44.2 Å². The molecule has 2 N–H and O–H groups in total. The summed E-state index contributed by atoms with van der Waals surface area (Å²) in [4.78, 5) is 35.7. The number of hydrogen-bond acceptors (Lipinski definition) is 8. The van der Waals surface area contributed by atoms with Gasteiger partial charge in [0.1, 0.15) is 0 Å². The molecule has 2 aliphatic heterocycles. The summed E-state index contributed by atoms with van der Waals surface area (Å²) in [5.74, 6) is 0.393. The monoisotopic (exact) mass is 532 g/mol. The number of ether oxygens (including phenoxy) is 1. The van der Waals surface area contributed by atoms with E-state index in [-0.39, 0.29) is 12.0 Å². The number of carbonyl (C=O) groups excluding carboxylic acids is 2. The highest BCUT2D eigenvalue weighted by Gasteiger charge is 2.21. The van der Waals surface area contributed by atoms with Crippen molar-refractivity contribution in [1.29, 1.82) is 0 Å². The van der Waals surface area contributed by atoms with Crippen LogP contribution in [0.1, 0.15) is 29.3 Å². The Hall–Kier alpha value is -3.96. The van der Waals surface area contributed by atoms with Crippen LogP contribution in [0.15, 0.2) is 48.7 Å². The minimum atomic E-state index is -0.283. The number of fused-ring (bicyclic) bond motifs is 1. The van der Waals surface area contributed by atoms with Crippen molar-refractivity contribution in [2.45, 2.75) is 13.3 Å². The van der Waals surface area contributed by atoms with Crippen LogP contribution in [0.25, 0.3) is 11.2 Å². The second-order valence-corrected chi connectivity index (χ2v) is 9.85. The second kappa shape index (κ2) is 12.3. The van der Waals surface area contributed by atoms with E-state index in [1.807, 2.05) is 43.5 Å². The first kappa shape index (κ1) is 26.6. The number of carbonyl (C=O) groups is 2. The molecule has 5 rings (SSSR count). The predicted molar refractivity (Wildman–Crippen MR) is 150 cm³/mol. The fourth-order valence-electron chi connectivity index (χ4n) is 4.84. The van der Waals surface area contributed by atoms with Crippen molar-refractivity contribution in [3.05, 3.63) is 59.8 Å². The third-order valence-electron chi connectivity index (χ3n) is 7.16. The van der Waals surface area contributed by atoms with Crippen LogP contribution >= 0.6 is 0 Å². The first-order valence-electron chi connectivity index (χ1n) is 13.5. The lowest BCUT2D eigenvalue weighted by Gasteiger charge is -2.32. The maximum absolute atomic E-state index is 12.6. The van der Waals surface area contributed by atoms with E-state index in [1.165, 1.54) is 0 Å². The number of rotatable bonds is 8. The van der Waals surface area contributed by atoms with Crippen LogP contribution < -0.4 is 10.6 Å². The Balaban J connectivity index is 1.18. The Morgan fingerprint density at radius 1 is 1.05 bits per heavy atom. The van der Waals surface area contributed by atoms with Gasteiger partial charge in [-0.15, -0.1) is 5.10 Å². The number of anilines is 2. The quantitative estimate of drug-likeness (QED) is 0.456. The van der Waals surface area contributed by atoms with E-state index in [0.717, 1.165) is 55.2 Å². The van der Waals surface area contributed by atoms with Gasteiger partial charge in [-0.1, -0.05) is 6.08 Å². The highest BCUT2D eigenvalue weighted by atomic mass is 16.6. The van der Waals surface area contributed by atoms with E-state index >= 15 is 0 Å². The lowest BCUT2D eigenvalue weighted by Crippen LogP contribution is -2.46. The van der Waals surface area contributed by atoms with Gasteiger partial charge in [0.2, 0.25) is 5.95 Å². The van der Waals surface area contributed by atoms with Gasteiger partial charge in [0.15, 0.2) is 5.65 Å². The first-order valence-corrected chi connectivity index (χ1v) is 13.5. The van der Waals surface area contributed by atoms with Crippen molar-refractivity contribution >= 4 is 34.9 Å². The molecule has 39 heavy (non-hydrogen) atoms. The molecule has 4 heterocycles. The fourth-order valence-corrected chi connectivity index (χ4v) is 4.84. The van der Waals surface area contributed by atoms with Crippen LogP contribution in [-0.2, 0) is 4.74 Å². The molecule has 0 atom stereocenters. The van der Waals surface area contributed by atoms with Gasteiger partial charge in [-0.05, 0) is 62.4 Å². The molecule has 0 bridgehead atoms. The van der Waals surface area contributed by atoms with Gasteiger partial charge in [0, 0.05) is 75.4 Å². The summed E-state index contributed by atoms with van der Waals surface area (Å²) in [5, 5.41) is 10.8. The molecule has 11 nitrogen and oxygen atoms in total. The third kappa shape index (κ3) is 6.55. The first-order chi connectivity index (χ1) is 19.0. The molecule has 0 spiro atoms. The summed E-state index contributed by atoms with van der Waals surface area (Å²) < 4.78 is 6.86. The van der Waals surface area contributed by atoms with E-state index in [2.05, 4.69) is 32.6 Å². The number of hydrogen-bond donors (Lipinski definition) is 2. The van der Waals surface area contributed by atoms with Crippen LogP contribution in [0.4, 0.5) is 16.4 Å². The number of likely N-dealkylation sites (N-methyl/N-ethyl adjacent to an activating group) is 1. The van der Waals surface area contributed by atoms with E-state index < -0.39 is 0 Å². The van der Waals surface area contributed by atoms with Crippen molar-refractivity contribution in [2.24, 2.45) is 0 Å². The van der Waals surface area contributed by atoms with Crippen LogP contribution in [0, 0.1) is 0 Å². The highest BCUT2D eigenvalue weighted by Crippen LogP contribution is 2.26. The Morgan fingerprint density at radius 2 is 1.85 bits per heavy atom. The van der Waals surface area contributed by atoms with Crippen molar-refractivity contribution in [2.75, 3.05) is 71.3 Å². The smallest absolute Gasteiger partial charge is 0.410 e. The molecule has 0 radical (unpaired) electrons. The molecule has 3 aromatic rings. The molecule has 11 heteroatoms. The predicted octanol–water partition coefficient (Wildman–Crippen LogP) is 2.70. The number of amides is 2. The summed E-state index contributed by atoms with van der Waals surface area (Å²) in [7, 11) is 2.14. The number of pyridine rings is 1. The van der Waals surface area contributed by atoms with Crippen LogP contribution in [0.2, 0.25) is 0 Å². The average molecular weight is 533 g/mol. The SMILES string of the molecule is CCOC(=O)N1CC=C(c2cccn3nc(Nc4ccc(C(=O)NCCN5CCN(C)CC5)cc4)nc23)CC1. The van der Waals surface area contributed by atoms with Crippen molar-refractivity contribution < 1.29 is 14.3 Å². The number of piperazine rings is 1. The van der Waals surface area contributed by atoms with E-state index in [1.54, 1.807) is 21.5 Å². The standard InChI is InChI=1S/C28H36N8O3/c1-3-39-28(38)35-14-10-21(11-15-35)24-5-4-13-36-25(24)31-27(32-36)30-23-8-6-22(7-9-23)26(37)29-12-16-34-19-17-33(2)18-20-34/h4-10,13H,3,11-12,14-20H2,1-2H3,(H,29,37)(H,30,32). The van der Waals surface area contributed by atoms with Crippen molar-refractivity contribution in [1.82, 2.24) is 34.6 Å². The van der Waals surface area contributed by atoms with Gasteiger partial charge in [-0.25, -0.2) is 9.31 Å². The lowest BCUT2D eigenvalue weighted by molar-refractivity contribution is 0.0940. The molecule has 1 saturated heterocycles. The molecule has 0 saturated carbocycles. The van der Waals surface area contributed by atoms with Crippen LogP contribution in [0.5, 0.6) is 0 Å². The zero-order valence-corrected chi connectivity index (χ0v) is 22.6. The third-order valence-corrected chi connectivity index (χ3v) is 7.16. The van der Waals surface area contributed by atoms with Gasteiger partial charge in [-0.3, -0.25) is 9.69 Å². The Kier molecular flexibility index (Phi) is 8.38. The van der Waals surface area contributed by atoms with Crippen molar-refractivity contribution in [3.63, 3.8) is 0 Å². The average Bonchev–Trinajstić information content (AvgIpc) is 3.37. The fraction of sp³-hybridized carbons (Fsp3) is 0.429. The number of nitrogens with zero attached hydrogens (tertiary/aromatic N) is 6. The summed E-state index contributed by atoms with van der Waals surface area (Å²) in [6.45, 7) is 8.99. The van der Waals surface area contributed by atoms with Crippen LogP contribution in [0.3, 0.4) is 0 Å². The zero-order valence-electron chi connectivity index (χ0n) is 22.6. The zero-order chi connectivity index (χ0) is 27.2. The summed E-state index contributed by atoms with van der Waals surface area (Å²) in [6, 6.07) is 11.3. The molecular formula is C28H36N8O3. The molecule has 2 aliphatic rings. The highest BCUT2D eigenvalue weighted by molar-refractivity contribution is 5.94. The number of aromatic nitrogens is 3. The largest absolute Gasteiger partial charge is 0.450 e. The summed E-state index contributed by atoms with van der Waals surface area (Å²) in [5.41, 5.74) is 4.27. The Labute approximate surface area is 228 Å². The second-order valence-electron chi connectivity index (χ2n) is 9.85. The van der Waals surface area contributed by atoms with Crippen LogP contribution in [-0.4, -0.2) is 107 Å². The molecule has 2 amide bonds.